The Labute approximate surface area is 108 Å². The fourth-order valence-electron chi connectivity index (χ4n) is 1.95. The number of nitrogens with two attached hydrogens (primary N) is 1. The fraction of sp³-hybridized carbons (Fsp3) is 0.545. The molecule has 0 aromatic carbocycles. The minimum Gasteiger partial charge on any atom is -0.378 e. The molecule has 0 amide bonds. The molecule has 0 saturated carbocycles. The van der Waals surface area contributed by atoms with E-state index >= 15 is 0 Å². The zero-order chi connectivity index (χ0) is 12.4. The Morgan fingerprint density at radius 3 is 3.11 bits per heavy atom. The zero-order valence-corrected chi connectivity index (χ0v) is 10.7. The maximum atomic E-state index is 5.54. The van der Waals surface area contributed by atoms with Crippen molar-refractivity contribution in [2.45, 2.75) is 31.9 Å². The van der Waals surface area contributed by atoms with Gasteiger partial charge in [0.15, 0.2) is 5.82 Å². The summed E-state index contributed by atoms with van der Waals surface area (Å²) in [5, 5.41) is 6.70. The van der Waals surface area contributed by atoms with Gasteiger partial charge in [0, 0.05) is 25.0 Å². The van der Waals surface area contributed by atoms with Crippen LogP contribution in [0.1, 0.15) is 23.7 Å². The third kappa shape index (κ3) is 2.43. The molecule has 1 aliphatic heterocycles. The summed E-state index contributed by atoms with van der Waals surface area (Å²) in [5.41, 5.74) is 6.22. The van der Waals surface area contributed by atoms with Crippen LogP contribution in [0.5, 0.6) is 0 Å². The molecular formula is C11H14N4O2S. The third-order valence-corrected chi connectivity index (χ3v) is 3.72. The molecule has 0 bridgehead atoms. The van der Waals surface area contributed by atoms with Crippen LogP contribution in [-0.2, 0) is 17.7 Å². The summed E-state index contributed by atoms with van der Waals surface area (Å²) in [6.45, 7) is 1.27. The molecule has 6 nitrogen and oxygen atoms in total. The first-order valence-electron chi connectivity index (χ1n) is 5.94. The van der Waals surface area contributed by atoms with Crippen molar-refractivity contribution < 1.29 is 9.26 Å². The molecule has 0 radical (unpaired) electrons. The molecule has 7 heteroatoms. The first kappa shape index (κ1) is 11.8. The highest BCUT2D eigenvalue weighted by atomic mass is 32.1. The Bertz CT molecular complexity index is 519. The van der Waals surface area contributed by atoms with Crippen molar-refractivity contribution in [3.8, 4) is 11.6 Å². The highest BCUT2D eigenvalue weighted by molar-refractivity contribution is 7.09. The lowest BCUT2D eigenvalue weighted by Gasteiger charge is -2.03. The number of hydrogen-bond donors (Lipinski definition) is 1. The van der Waals surface area contributed by atoms with Crippen molar-refractivity contribution in [2.24, 2.45) is 5.73 Å². The van der Waals surface area contributed by atoms with E-state index in [1.807, 2.05) is 5.38 Å². The quantitative estimate of drug-likeness (QED) is 0.899. The normalized spacial score (nSPS) is 19.5. The van der Waals surface area contributed by atoms with E-state index in [-0.39, 0.29) is 6.10 Å². The van der Waals surface area contributed by atoms with Gasteiger partial charge in [-0.05, 0) is 12.8 Å². The fourth-order valence-corrected chi connectivity index (χ4v) is 2.60. The lowest BCUT2D eigenvalue weighted by Crippen LogP contribution is -2.09. The average Bonchev–Trinajstić information content (AvgIpc) is 3.09. The molecule has 3 heterocycles. The van der Waals surface area contributed by atoms with Gasteiger partial charge in [-0.15, -0.1) is 11.3 Å². The lowest BCUT2D eigenvalue weighted by atomic mass is 10.2. The number of nitrogens with zero attached hydrogens (tertiary/aromatic N) is 3. The van der Waals surface area contributed by atoms with Gasteiger partial charge >= 0.3 is 0 Å². The molecule has 0 aliphatic carbocycles. The smallest absolute Gasteiger partial charge is 0.277 e. The van der Waals surface area contributed by atoms with Crippen molar-refractivity contribution in [3.63, 3.8) is 0 Å². The highest BCUT2D eigenvalue weighted by Gasteiger charge is 2.20. The molecule has 2 N–H and O–H groups in total. The maximum Gasteiger partial charge on any atom is 0.277 e. The van der Waals surface area contributed by atoms with Gasteiger partial charge in [-0.2, -0.15) is 4.98 Å². The summed E-state index contributed by atoms with van der Waals surface area (Å²) in [6, 6.07) is 0. The van der Waals surface area contributed by atoms with E-state index in [2.05, 4.69) is 15.1 Å². The van der Waals surface area contributed by atoms with Crippen LogP contribution in [0.15, 0.2) is 9.90 Å². The summed E-state index contributed by atoms with van der Waals surface area (Å²) in [4.78, 5) is 8.65. The van der Waals surface area contributed by atoms with Gasteiger partial charge < -0.3 is 15.0 Å². The number of ether oxygens (including phenoxy) is 1. The van der Waals surface area contributed by atoms with Gasteiger partial charge in [0.2, 0.25) is 0 Å². The Hall–Kier alpha value is -1.31. The van der Waals surface area contributed by atoms with E-state index in [1.54, 1.807) is 0 Å². The topological polar surface area (TPSA) is 87.1 Å². The van der Waals surface area contributed by atoms with Crippen molar-refractivity contribution in [2.75, 3.05) is 6.61 Å². The maximum absolute atomic E-state index is 5.54. The Kier molecular flexibility index (Phi) is 3.35. The van der Waals surface area contributed by atoms with Crippen LogP contribution in [0.4, 0.5) is 0 Å². The summed E-state index contributed by atoms with van der Waals surface area (Å²) >= 11 is 1.50. The Balaban J connectivity index is 1.72. The van der Waals surface area contributed by atoms with Gasteiger partial charge in [-0.1, -0.05) is 5.16 Å². The van der Waals surface area contributed by atoms with Crippen LogP contribution in [-0.4, -0.2) is 27.8 Å². The van der Waals surface area contributed by atoms with Crippen LogP contribution in [0, 0.1) is 0 Å². The molecular weight excluding hydrogens is 252 g/mol. The second-order valence-electron chi connectivity index (χ2n) is 4.19. The second-order valence-corrected chi connectivity index (χ2v) is 5.13. The van der Waals surface area contributed by atoms with Gasteiger partial charge in [-0.3, -0.25) is 0 Å². The lowest BCUT2D eigenvalue weighted by molar-refractivity contribution is 0.109. The standard InChI is InChI=1S/C11H14N4O2S/c12-5-10-13-8(6-18-10)11-14-9(15-17-11)4-7-2-1-3-16-7/h6-7H,1-5,12H2. The highest BCUT2D eigenvalue weighted by Crippen LogP contribution is 2.21. The number of rotatable bonds is 4. The molecule has 0 spiro atoms. The summed E-state index contributed by atoms with van der Waals surface area (Å²) in [5.74, 6) is 1.14. The van der Waals surface area contributed by atoms with E-state index in [9.17, 15) is 0 Å². The molecule has 18 heavy (non-hydrogen) atoms. The first-order chi connectivity index (χ1) is 8.85. The van der Waals surface area contributed by atoms with Crippen molar-refractivity contribution in [1.82, 2.24) is 15.1 Å². The van der Waals surface area contributed by atoms with E-state index in [1.165, 1.54) is 11.3 Å². The molecule has 2 aromatic rings. The first-order valence-corrected chi connectivity index (χ1v) is 6.82. The van der Waals surface area contributed by atoms with Crippen LogP contribution in [0.3, 0.4) is 0 Å². The molecule has 3 rings (SSSR count). The van der Waals surface area contributed by atoms with Gasteiger partial charge in [0.25, 0.3) is 5.89 Å². The van der Waals surface area contributed by atoms with Crippen LogP contribution >= 0.6 is 11.3 Å². The van der Waals surface area contributed by atoms with Crippen molar-refractivity contribution in [1.29, 1.82) is 0 Å². The second kappa shape index (κ2) is 5.13. The summed E-state index contributed by atoms with van der Waals surface area (Å²) in [6.07, 6.45) is 3.11. The van der Waals surface area contributed by atoms with Crippen molar-refractivity contribution >= 4 is 11.3 Å². The number of thiazole rings is 1. The largest absolute Gasteiger partial charge is 0.378 e. The molecule has 1 atom stereocenters. The predicted molar refractivity (Wildman–Crippen MR) is 66.0 cm³/mol. The van der Waals surface area contributed by atoms with E-state index in [0.29, 0.717) is 30.4 Å². The zero-order valence-electron chi connectivity index (χ0n) is 9.83. The van der Waals surface area contributed by atoms with Crippen molar-refractivity contribution in [3.05, 3.63) is 16.2 Å². The van der Waals surface area contributed by atoms with Gasteiger partial charge in [0.1, 0.15) is 10.7 Å². The van der Waals surface area contributed by atoms with Crippen LogP contribution in [0.2, 0.25) is 0 Å². The Morgan fingerprint density at radius 1 is 1.44 bits per heavy atom. The van der Waals surface area contributed by atoms with E-state index in [4.69, 9.17) is 15.0 Å². The molecule has 1 saturated heterocycles. The summed E-state index contributed by atoms with van der Waals surface area (Å²) in [7, 11) is 0. The predicted octanol–water partition coefficient (Wildman–Crippen LogP) is 1.37. The van der Waals surface area contributed by atoms with Crippen LogP contribution < -0.4 is 5.73 Å². The monoisotopic (exact) mass is 266 g/mol. The SMILES string of the molecule is NCc1nc(-c2nc(CC3CCCO3)no2)cs1. The minimum atomic E-state index is 0.227. The van der Waals surface area contributed by atoms with E-state index in [0.717, 1.165) is 24.5 Å². The number of hydrogen-bond acceptors (Lipinski definition) is 7. The molecule has 96 valence electrons. The molecule has 1 unspecified atom stereocenters. The van der Waals surface area contributed by atoms with Crippen LogP contribution in [0.25, 0.3) is 11.6 Å². The third-order valence-electron chi connectivity index (χ3n) is 2.85. The number of aromatic nitrogens is 3. The van der Waals surface area contributed by atoms with Gasteiger partial charge in [-0.25, -0.2) is 4.98 Å². The molecule has 1 fully saturated rings. The van der Waals surface area contributed by atoms with E-state index < -0.39 is 0 Å². The Morgan fingerprint density at radius 2 is 2.39 bits per heavy atom. The summed E-state index contributed by atoms with van der Waals surface area (Å²) < 4.78 is 10.7. The average molecular weight is 266 g/mol. The molecule has 1 aliphatic rings. The minimum absolute atomic E-state index is 0.227. The molecule has 2 aromatic heterocycles. The van der Waals surface area contributed by atoms with Gasteiger partial charge in [0.05, 0.1) is 6.10 Å².